The average molecular weight is 339 g/mol. The number of hydrogen-bond donors (Lipinski definition) is 1. The van der Waals surface area contributed by atoms with Gasteiger partial charge in [-0.25, -0.2) is 9.67 Å². The Balaban J connectivity index is 2.24. The van der Waals surface area contributed by atoms with Crippen molar-refractivity contribution in [3.05, 3.63) is 51.5 Å². The minimum atomic E-state index is -0.217. The maximum absolute atomic E-state index is 12.0. The number of aromatic nitrogens is 3. The predicted octanol–water partition coefficient (Wildman–Crippen LogP) is 2.66. The largest absolute Gasteiger partial charge is 0.444 e. The van der Waals surface area contributed by atoms with Crippen molar-refractivity contribution in [1.29, 1.82) is 0 Å². The van der Waals surface area contributed by atoms with Crippen LogP contribution in [0.15, 0.2) is 38.7 Å². The number of nitrogens with zero attached hydrogens (tertiary/aromatic N) is 3. The van der Waals surface area contributed by atoms with Gasteiger partial charge in [-0.05, 0) is 29.8 Å². The molecule has 0 aliphatic heterocycles. The number of oxazole rings is 1. The third-order valence-corrected chi connectivity index (χ3v) is 3.43. The number of nitrogens with one attached hydrogen (secondary N) is 1. The van der Waals surface area contributed by atoms with Crippen molar-refractivity contribution < 1.29 is 4.42 Å². The lowest BCUT2D eigenvalue weighted by Crippen LogP contribution is -2.24. The van der Waals surface area contributed by atoms with E-state index in [-0.39, 0.29) is 11.6 Å². The molecule has 0 amide bonds. The molecule has 0 radical (unpaired) electrons. The summed E-state index contributed by atoms with van der Waals surface area (Å²) in [6.45, 7) is 7.68. The monoisotopic (exact) mass is 338 g/mol. The molecule has 0 saturated heterocycles. The number of halogens is 1. The third-order valence-electron chi connectivity index (χ3n) is 2.67. The fourth-order valence-corrected chi connectivity index (χ4v) is 2.11. The Labute approximate surface area is 124 Å². The zero-order valence-electron chi connectivity index (χ0n) is 11.3. The zero-order valence-corrected chi connectivity index (χ0v) is 12.8. The molecule has 0 saturated carbocycles. The van der Waals surface area contributed by atoms with E-state index >= 15 is 0 Å². The molecule has 1 atom stereocenters. The van der Waals surface area contributed by atoms with Gasteiger partial charge in [0.25, 0.3) is 5.56 Å². The van der Waals surface area contributed by atoms with Crippen LogP contribution < -0.4 is 10.9 Å². The van der Waals surface area contributed by atoms with Crippen LogP contribution in [0.1, 0.15) is 24.6 Å². The van der Waals surface area contributed by atoms with Gasteiger partial charge in [-0.1, -0.05) is 6.08 Å². The molecule has 0 fully saturated rings. The molecule has 7 heteroatoms. The quantitative estimate of drug-likeness (QED) is 0.848. The van der Waals surface area contributed by atoms with E-state index in [9.17, 15) is 4.79 Å². The molecule has 0 aliphatic rings. The van der Waals surface area contributed by atoms with Crippen LogP contribution in [0.5, 0.6) is 0 Å². The van der Waals surface area contributed by atoms with Gasteiger partial charge in [0.2, 0.25) is 5.89 Å². The summed E-state index contributed by atoms with van der Waals surface area (Å²) in [7, 11) is 0. The van der Waals surface area contributed by atoms with E-state index in [2.05, 4.69) is 37.9 Å². The minimum Gasteiger partial charge on any atom is -0.444 e. The first-order valence-corrected chi connectivity index (χ1v) is 6.87. The van der Waals surface area contributed by atoms with Crippen molar-refractivity contribution in [2.24, 2.45) is 0 Å². The first kappa shape index (κ1) is 14.5. The Kier molecular flexibility index (Phi) is 4.39. The number of anilines is 1. The highest BCUT2D eigenvalue weighted by atomic mass is 79.9. The van der Waals surface area contributed by atoms with Crippen LogP contribution in [0, 0.1) is 6.92 Å². The number of allylic oxidation sites excluding steroid dienone is 1. The van der Waals surface area contributed by atoms with Crippen molar-refractivity contribution in [3.8, 4) is 0 Å². The van der Waals surface area contributed by atoms with Crippen molar-refractivity contribution >= 4 is 21.6 Å². The molecule has 6 nitrogen and oxygen atoms in total. The lowest BCUT2D eigenvalue weighted by atomic mass is 10.3. The lowest BCUT2D eigenvalue weighted by molar-refractivity contribution is 0.453. The van der Waals surface area contributed by atoms with Crippen LogP contribution in [0.2, 0.25) is 0 Å². The standard InChI is InChI=1S/C13H15BrN4O2/c1-4-5-18-13(19)11(14)10(7-16-18)17-9(3)12-15-6-8(2)20-12/h4,6-7,9,17H,1,5H2,2-3H3. The van der Waals surface area contributed by atoms with Crippen molar-refractivity contribution in [3.63, 3.8) is 0 Å². The number of aryl methyl sites for hydroxylation is 1. The summed E-state index contributed by atoms with van der Waals surface area (Å²) in [6.07, 6.45) is 4.86. The van der Waals surface area contributed by atoms with Gasteiger partial charge < -0.3 is 9.73 Å². The predicted molar refractivity (Wildman–Crippen MR) is 79.7 cm³/mol. The van der Waals surface area contributed by atoms with Gasteiger partial charge in [-0.3, -0.25) is 4.79 Å². The molecular formula is C13H15BrN4O2. The van der Waals surface area contributed by atoms with E-state index < -0.39 is 0 Å². The second-order valence-corrected chi connectivity index (χ2v) is 5.12. The summed E-state index contributed by atoms with van der Waals surface area (Å²) in [5.74, 6) is 1.30. The highest BCUT2D eigenvalue weighted by Crippen LogP contribution is 2.22. The normalized spacial score (nSPS) is 12.2. The molecule has 0 aliphatic carbocycles. The summed E-state index contributed by atoms with van der Waals surface area (Å²) in [5.41, 5.74) is 0.379. The maximum Gasteiger partial charge on any atom is 0.283 e. The molecule has 1 N–H and O–H groups in total. The molecule has 0 aromatic carbocycles. The second kappa shape index (κ2) is 6.04. The molecule has 2 heterocycles. The second-order valence-electron chi connectivity index (χ2n) is 4.32. The molecule has 2 rings (SSSR count). The Morgan fingerprint density at radius 3 is 2.95 bits per heavy atom. The van der Waals surface area contributed by atoms with E-state index in [1.165, 1.54) is 4.68 Å². The molecule has 2 aromatic rings. The smallest absolute Gasteiger partial charge is 0.283 e. The van der Waals surface area contributed by atoms with Crippen LogP contribution in [0.4, 0.5) is 5.69 Å². The first-order chi connectivity index (χ1) is 9.52. The molecule has 20 heavy (non-hydrogen) atoms. The van der Waals surface area contributed by atoms with Crippen LogP contribution in [-0.2, 0) is 6.54 Å². The molecule has 0 spiro atoms. The van der Waals surface area contributed by atoms with Crippen LogP contribution >= 0.6 is 15.9 Å². The highest BCUT2D eigenvalue weighted by molar-refractivity contribution is 9.10. The van der Waals surface area contributed by atoms with Crippen molar-refractivity contribution in [2.45, 2.75) is 26.4 Å². The summed E-state index contributed by atoms with van der Waals surface area (Å²) in [4.78, 5) is 16.2. The summed E-state index contributed by atoms with van der Waals surface area (Å²) in [6, 6.07) is -0.170. The van der Waals surface area contributed by atoms with Crippen molar-refractivity contribution in [2.75, 3.05) is 5.32 Å². The number of hydrogen-bond acceptors (Lipinski definition) is 5. The fraction of sp³-hybridized carbons (Fsp3) is 0.308. The summed E-state index contributed by atoms with van der Waals surface area (Å²) in [5, 5.41) is 7.22. The van der Waals surface area contributed by atoms with E-state index in [4.69, 9.17) is 4.42 Å². The third kappa shape index (κ3) is 2.98. The topological polar surface area (TPSA) is 73.0 Å². The Morgan fingerprint density at radius 2 is 2.35 bits per heavy atom. The van der Waals surface area contributed by atoms with Gasteiger partial charge >= 0.3 is 0 Å². The van der Waals surface area contributed by atoms with E-state index in [1.807, 2.05) is 13.8 Å². The SMILES string of the molecule is C=CCn1ncc(NC(C)c2ncc(C)o2)c(Br)c1=O. The summed E-state index contributed by atoms with van der Waals surface area (Å²) < 4.78 is 7.19. The fourth-order valence-electron chi connectivity index (χ4n) is 1.69. The molecule has 0 bridgehead atoms. The Bertz CT molecular complexity index is 677. The van der Waals surface area contributed by atoms with Crippen LogP contribution in [0.25, 0.3) is 0 Å². The molecule has 1 unspecified atom stereocenters. The van der Waals surface area contributed by atoms with Gasteiger partial charge in [0.1, 0.15) is 16.3 Å². The average Bonchev–Trinajstić information content (AvgIpc) is 2.85. The van der Waals surface area contributed by atoms with Gasteiger partial charge in [0, 0.05) is 0 Å². The van der Waals surface area contributed by atoms with Crippen molar-refractivity contribution in [1.82, 2.24) is 14.8 Å². The summed E-state index contributed by atoms with van der Waals surface area (Å²) >= 11 is 3.29. The van der Waals surface area contributed by atoms with Gasteiger partial charge in [0.05, 0.1) is 24.6 Å². The Morgan fingerprint density at radius 1 is 1.60 bits per heavy atom. The zero-order chi connectivity index (χ0) is 14.7. The molecular weight excluding hydrogens is 324 g/mol. The van der Waals surface area contributed by atoms with E-state index in [0.29, 0.717) is 22.6 Å². The molecule has 106 valence electrons. The van der Waals surface area contributed by atoms with Gasteiger partial charge in [-0.15, -0.1) is 6.58 Å². The minimum absolute atomic E-state index is 0.170. The Hall–Kier alpha value is -1.89. The van der Waals surface area contributed by atoms with Crippen LogP contribution in [0.3, 0.4) is 0 Å². The number of rotatable bonds is 5. The molecule has 2 aromatic heterocycles. The maximum atomic E-state index is 12.0. The van der Waals surface area contributed by atoms with Gasteiger partial charge in [0.15, 0.2) is 0 Å². The van der Waals surface area contributed by atoms with Gasteiger partial charge in [-0.2, -0.15) is 5.10 Å². The lowest BCUT2D eigenvalue weighted by Gasteiger charge is -2.13. The van der Waals surface area contributed by atoms with E-state index in [1.54, 1.807) is 18.5 Å². The van der Waals surface area contributed by atoms with E-state index in [0.717, 1.165) is 5.76 Å². The first-order valence-electron chi connectivity index (χ1n) is 6.08. The van der Waals surface area contributed by atoms with Crippen LogP contribution in [-0.4, -0.2) is 14.8 Å². The highest BCUT2D eigenvalue weighted by Gasteiger charge is 2.15.